The van der Waals surface area contributed by atoms with Crippen molar-refractivity contribution in [3.8, 4) is 11.8 Å². The fraction of sp³-hybridized carbons (Fsp3) is 0.0435. The number of thiol groups is 1. The topological polar surface area (TPSA) is 96.3 Å². The molecule has 6 nitrogen and oxygen atoms in total. The Balaban J connectivity index is 1.77. The van der Waals surface area contributed by atoms with Crippen LogP contribution in [-0.4, -0.2) is 14.3 Å². The second kappa shape index (κ2) is 10.1. The molecule has 9 heteroatoms. The third-order valence-corrected chi connectivity index (χ3v) is 5.60. The van der Waals surface area contributed by atoms with Crippen LogP contribution in [0.2, 0.25) is 5.02 Å². The van der Waals surface area contributed by atoms with Crippen molar-refractivity contribution in [1.82, 2.24) is 0 Å². The van der Waals surface area contributed by atoms with Crippen molar-refractivity contribution < 1.29 is 22.3 Å². The number of amides is 1. The maximum absolute atomic E-state index is 13.4. The lowest BCUT2D eigenvalue weighted by Crippen LogP contribution is -2.13. The van der Waals surface area contributed by atoms with Gasteiger partial charge in [0.2, 0.25) is 0 Å². The molecular formula is C23H16ClFN2O4S. The second-order valence-corrected chi connectivity index (χ2v) is 7.96. The molecule has 0 heterocycles. The van der Waals surface area contributed by atoms with Gasteiger partial charge in [-0.25, -0.2) is 12.8 Å². The zero-order valence-electron chi connectivity index (χ0n) is 16.5. The molecule has 32 heavy (non-hydrogen) atoms. The van der Waals surface area contributed by atoms with Crippen LogP contribution in [-0.2, 0) is 22.1 Å². The molecule has 0 aliphatic rings. The van der Waals surface area contributed by atoms with E-state index in [1.165, 1.54) is 30.3 Å². The molecular weight excluding hydrogens is 455 g/mol. The number of carbonyl (C=O) groups is 1. The molecule has 1 N–H and O–H groups in total. The number of nitriles is 1. The van der Waals surface area contributed by atoms with Crippen LogP contribution in [0.3, 0.4) is 0 Å². The molecule has 3 rings (SSSR count). The van der Waals surface area contributed by atoms with E-state index in [2.05, 4.69) is 11.9 Å². The van der Waals surface area contributed by atoms with Crippen LogP contribution in [0.25, 0.3) is 5.57 Å². The summed E-state index contributed by atoms with van der Waals surface area (Å²) < 4.78 is 42.5. The number of nitrogens with zero attached hydrogens (tertiary/aromatic N) is 1. The van der Waals surface area contributed by atoms with Gasteiger partial charge in [-0.2, -0.15) is 5.26 Å². The Morgan fingerprint density at radius 3 is 2.59 bits per heavy atom. The normalized spacial score (nSPS) is 10.4. The highest BCUT2D eigenvalue weighted by Crippen LogP contribution is 2.25. The summed E-state index contributed by atoms with van der Waals surface area (Å²) in [5.74, 6) is -1.00. The predicted molar refractivity (Wildman–Crippen MR) is 120 cm³/mol. The minimum atomic E-state index is -3.00. The van der Waals surface area contributed by atoms with Crippen LogP contribution in [0.15, 0.2) is 72.1 Å². The number of hydrogen-bond donors (Lipinski definition) is 2. The van der Waals surface area contributed by atoms with E-state index < -0.39 is 22.4 Å². The summed E-state index contributed by atoms with van der Waals surface area (Å²) in [7, 11) is -3.00. The number of hydrogen-bond acceptors (Lipinski definition) is 5. The van der Waals surface area contributed by atoms with Crippen LogP contribution in [0.1, 0.15) is 16.7 Å². The number of ether oxygens (including phenoxy) is 1. The van der Waals surface area contributed by atoms with Gasteiger partial charge < -0.3 is 10.1 Å². The Morgan fingerprint density at radius 2 is 1.91 bits per heavy atom. The number of rotatable bonds is 7. The van der Waals surface area contributed by atoms with Crippen molar-refractivity contribution >= 4 is 39.5 Å². The average molecular weight is 471 g/mol. The molecule has 3 aromatic carbocycles. The lowest BCUT2D eigenvalue weighted by molar-refractivity contribution is -0.111. The molecule has 0 unspecified atom stereocenters. The van der Waals surface area contributed by atoms with Crippen LogP contribution in [0, 0.1) is 17.1 Å². The van der Waals surface area contributed by atoms with Gasteiger partial charge in [0.05, 0.1) is 10.5 Å². The first kappa shape index (κ1) is 23.0. The minimum absolute atomic E-state index is 0.0521. The van der Waals surface area contributed by atoms with Crippen LogP contribution < -0.4 is 10.1 Å². The van der Waals surface area contributed by atoms with Gasteiger partial charge in [-0.05, 0) is 30.3 Å². The molecule has 0 radical (unpaired) electrons. The van der Waals surface area contributed by atoms with Crippen molar-refractivity contribution in [1.29, 1.82) is 5.26 Å². The summed E-state index contributed by atoms with van der Waals surface area (Å²) in [6, 6.07) is 16.4. The molecule has 0 aromatic heterocycles. The summed E-state index contributed by atoms with van der Waals surface area (Å²) in [4.78, 5) is 12.5. The molecule has 1 amide bonds. The third-order valence-electron chi connectivity index (χ3n) is 4.47. The minimum Gasteiger partial charge on any atom is -0.489 e. The van der Waals surface area contributed by atoms with E-state index in [1.54, 1.807) is 30.3 Å². The maximum atomic E-state index is 13.4. The SMILES string of the molecule is C=C(C(=O)Nc1ccc(COc2ccc(F)c(C#N)c2)c([SH](=O)=O)c1)c1ccccc1Cl. The van der Waals surface area contributed by atoms with Crippen molar-refractivity contribution in [2.24, 2.45) is 0 Å². The average Bonchev–Trinajstić information content (AvgIpc) is 2.78. The highest BCUT2D eigenvalue weighted by atomic mass is 35.5. The molecule has 162 valence electrons. The molecule has 0 saturated heterocycles. The van der Waals surface area contributed by atoms with Crippen LogP contribution in [0.4, 0.5) is 10.1 Å². The molecule has 0 fully saturated rings. The van der Waals surface area contributed by atoms with E-state index in [1.807, 2.05) is 0 Å². The molecule has 0 aliphatic carbocycles. The number of halogens is 2. The highest BCUT2D eigenvalue weighted by molar-refractivity contribution is 7.72. The van der Waals surface area contributed by atoms with Gasteiger partial charge in [0.25, 0.3) is 5.91 Å². The molecule has 0 saturated carbocycles. The quantitative estimate of drug-likeness (QED) is 0.390. The summed E-state index contributed by atoms with van der Waals surface area (Å²) in [6.07, 6.45) is 0. The smallest absolute Gasteiger partial charge is 0.255 e. The third kappa shape index (κ3) is 5.32. The summed E-state index contributed by atoms with van der Waals surface area (Å²) >= 11 is 6.09. The standard InChI is InChI=1S/C23H16ClFN2O4S/c1-14(19-4-2-3-5-20(19)24)23(28)27-17-7-6-15(22(11-17)32(29)30)13-31-18-8-9-21(25)16(10-18)12-26/h2-11,32H,1,13H2,(H,27,28). The molecule has 0 atom stereocenters. The monoisotopic (exact) mass is 470 g/mol. The molecule has 0 aliphatic heterocycles. The second-order valence-electron chi connectivity index (χ2n) is 6.56. The Labute approximate surface area is 190 Å². The zero-order chi connectivity index (χ0) is 23.3. The Kier molecular flexibility index (Phi) is 7.25. The molecule has 0 spiro atoms. The number of nitrogens with one attached hydrogen (secondary N) is 1. The van der Waals surface area contributed by atoms with Gasteiger partial charge in [-0.15, -0.1) is 0 Å². The van der Waals surface area contributed by atoms with Gasteiger partial charge in [0.15, 0.2) is 10.7 Å². The number of benzene rings is 3. The van der Waals surface area contributed by atoms with E-state index >= 15 is 0 Å². The predicted octanol–water partition coefficient (Wildman–Crippen LogP) is 4.55. The lowest BCUT2D eigenvalue weighted by Gasteiger charge is -2.12. The van der Waals surface area contributed by atoms with Gasteiger partial charge >= 0.3 is 0 Å². The van der Waals surface area contributed by atoms with Gasteiger partial charge in [0, 0.05) is 33.5 Å². The molecule has 3 aromatic rings. The fourth-order valence-corrected chi connectivity index (χ4v) is 3.68. The Hall–Kier alpha value is -3.67. The van der Waals surface area contributed by atoms with E-state index in [0.717, 1.165) is 6.07 Å². The van der Waals surface area contributed by atoms with Gasteiger partial charge in [0.1, 0.15) is 24.2 Å². The Bertz CT molecular complexity index is 1320. The first-order chi connectivity index (χ1) is 15.3. The Morgan fingerprint density at radius 1 is 1.16 bits per heavy atom. The van der Waals surface area contributed by atoms with E-state index in [-0.39, 0.29) is 34.1 Å². The van der Waals surface area contributed by atoms with Crippen molar-refractivity contribution in [2.45, 2.75) is 11.5 Å². The van der Waals surface area contributed by atoms with Gasteiger partial charge in [-0.1, -0.05) is 42.4 Å². The number of carbonyl (C=O) groups excluding carboxylic acids is 1. The van der Waals surface area contributed by atoms with Crippen molar-refractivity contribution in [3.63, 3.8) is 0 Å². The van der Waals surface area contributed by atoms with E-state index in [9.17, 15) is 17.6 Å². The van der Waals surface area contributed by atoms with Gasteiger partial charge in [-0.3, -0.25) is 4.79 Å². The first-order valence-corrected chi connectivity index (χ1v) is 10.7. The summed E-state index contributed by atoms with van der Waals surface area (Å²) in [5.41, 5.74) is 0.972. The highest BCUT2D eigenvalue weighted by Gasteiger charge is 2.15. The van der Waals surface area contributed by atoms with E-state index in [4.69, 9.17) is 21.6 Å². The van der Waals surface area contributed by atoms with Crippen LogP contribution in [0.5, 0.6) is 5.75 Å². The zero-order valence-corrected chi connectivity index (χ0v) is 18.1. The van der Waals surface area contributed by atoms with E-state index in [0.29, 0.717) is 16.1 Å². The van der Waals surface area contributed by atoms with Crippen LogP contribution >= 0.6 is 11.6 Å². The van der Waals surface area contributed by atoms with Crippen molar-refractivity contribution in [2.75, 3.05) is 5.32 Å². The number of anilines is 1. The lowest BCUT2D eigenvalue weighted by atomic mass is 10.1. The fourth-order valence-electron chi connectivity index (χ4n) is 2.81. The largest absolute Gasteiger partial charge is 0.489 e. The summed E-state index contributed by atoms with van der Waals surface area (Å²) in [6.45, 7) is 3.61. The first-order valence-electron chi connectivity index (χ1n) is 9.15. The summed E-state index contributed by atoms with van der Waals surface area (Å²) in [5, 5.41) is 11.9. The maximum Gasteiger partial charge on any atom is 0.255 e. The van der Waals surface area contributed by atoms with Crippen molar-refractivity contribution in [3.05, 3.63) is 94.8 Å². The molecule has 0 bridgehead atoms.